The van der Waals surface area contributed by atoms with Gasteiger partial charge in [0, 0.05) is 13.1 Å². The summed E-state index contributed by atoms with van der Waals surface area (Å²) in [6, 6.07) is 5.12. The van der Waals surface area contributed by atoms with Gasteiger partial charge in [-0.25, -0.2) is 4.79 Å². The number of nitrogens with zero attached hydrogens (tertiary/aromatic N) is 3. The number of piperidine rings is 1. The first-order chi connectivity index (χ1) is 11.0. The third-order valence-electron chi connectivity index (χ3n) is 4.10. The number of halogens is 1. The van der Waals surface area contributed by atoms with Crippen LogP contribution in [-0.2, 0) is 6.54 Å². The molecule has 6 nitrogen and oxygen atoms in total. The molecule has 122 valence electrons. The maximum Gasteiger partial charge on any atom is 0.337 e. The monoisotopic (exact) mass is 335 g/mol. The van der Waals surface area contributed by atoms with Crippen LogP contribution >= 0.6 is 11.6 Å². The van der Waals surface area contributed by atoms with Crippen LogP contribution in [0.3, 0.4) is 0 Å². The molecule has 2 heterocycles. The number of benzene rings is 1. The lowest BCUT2D eigenvalue weighted by Gasteiger charge is -2.31. The van der Waals surface area contributed by atoms with E-state index in [4.69, 9.17) is 21.2 Å². The van der Waals surface area contributed by atoms with E-state index in [0.717, 1.165) is 31.5 Å². The van der Waals surface area contributed by atoms with Gasteiger partial charge in [0.15, 0.2) is 5.82 Å². The van der Waals surface area contributed by atoms with Gasteiger partial charge in [-0.3, -0.25) is 4.90 Å². The molecule has 2 aromatic rings. The Balaban J connectivity index is 1.73. The molecular weight excluding hydrogens is 318 g/mol. The molecule has 0 radical (unpaired) electrons. The summed E-state index contributed by atoms with van der Waals surface area (Å²) < 4.78 is 5.29. The predicted octanol–water partition coefficient (Wildman–Crippen LogP) is 3.11. The van der Waals surface area contributed by atoms with Crippen LogP contribution in [0.1, 0.15) is 46.4 Å². The van der Waals surface area contributed by atoms with Crippen LogP contribution in [0, 0.1) is 6.92 Å². The molecule has 1 aromatic carbocycles. The van der Waals surface area contributed by atoms with Crippen LogP contribution in [-0.4, -0.2) is 39.2 Å². The van der Waals surface area contributed by atoms with E-state index in [2.05, 4.69) is 15.0 Å². The second kappa shape index (κ2) is 6.68. The number of hydrogen-bond donors (Lipinski definition) is 1. The first-order valence-corrected chi connectivity index (χ1v) is 7.95. The number of carbonyl (C=O) groups is 1. The number of aromatic carboxylic acids is 1. The SMILES string of the molecule is Cc1noc(C2CCCN(Cc3cccc(C(=O)O)c3Cl)C2)n1. The minimum absolute atomic E-state index is 0.144. The Morgan fingerprint density at radius 2 is 2.35 bits per heavy atom. The molecule has 1 aliphatic heterocycles. The molecule has 1 fully saturated rings. The zero-order valence-electron chi connectivity index (χ0n) is 12.8. The lowest BCUT2D eigenvalue weighted by atomic mass is 9.97. The maximum absolute atomic E-state index is 11.2. The largest absolute Gasteiger partial charge is 0.478 e. The molecule has 0 bridgehead atoms. The van der Waals surface area contributed by atoms with E-state index in [1.807, 2.05) is 13.0 Å². The number of likely N-dealkylation sites (tertiary alicyclic amines) is 1. The summed E-state index contributed by atoms with van der Waals surface area (Å²) in [5.74, 6) is 0.535. The first-order valence-electron chi connectivity index (χ1n) is 7.58. The third kappa shape index (κ3) is 3.54. The minimum atomic E-state index is -1.00. The molecular formula is C16H18ClN3O3. The number of hydrogen-bond acceptors (Lipinski definition) is 5. The molecule has 1 aliphatic rings. The summed E-state index contributed by atoms with van der Waals surface area (Å²) in [7, 11) is 0. The van der Waals surface area contributed by atoms with Gasteiger partial charge in [-0.2, -0.15) is 4.98 Å². The molecule has 1 saturated heterocycles. The minimum Gasteiger partial charge on any atom is -0.478 e. The standard InChI is InChI=1S/C16H18ClN3O3/c1-10-18-15(23-19-10)12-5-3-7-20(9-12)8-11-4-2-6-13(14(11)17)16(21)22/h2,4,6,12H,3,5,7-9H2,1H3,(H,21,22). The fourth-order valence-corrected chi connectivity index (χ4v) is 3.25. The number of rotatable bonds is 4. The average Bonchev–Trinajstić information content (AvgIpc) is 2.96. The van der Waals surface area contributed by atoms with Gasteiger partial charge in [-0.1, -0.05) is 28.9 Å². The van der Waals surface area contributed by atoms with E-state index < -0.39 is 5.97 Å². The Kier molecular flexibility index (Phi) is 4.63. The zero-order chi connectivity index (χ0) is 16.4. The van der Waals surface area contributed by atoms with E-state index in [1.54, 1.807) is 6.07 Å². The van der Waals surface area contributed by atoms with E-state index in [0.29, 0.717) is 23.3 Å². The highest BCUT2D eigenvalue weighted by Crippen LogP contribution is 2.28. The summed E-state index contributed by atoms with van der Waals surface area (Å²) in [6.45, 7) is 4.17. The zero-order valence-corrected chi connectivity index (χ0v) is 13.6. The smallest absolute Gasteiger partial charge is 0.337 e. The number of carboxylic acids is 1. The summed E-state index contributed by atoms with van der Waals surface area (Å²) in [4.78, 5) is 17.8. The number of aromatic nitrogens is 2. The Morgan fingerprint density at radius 1 is 1.52 bits per heavy atom. The summed E-state index contributed by atoms with van der Waals surface area (Å²) in [6.07, 6.45) is 2.05. The topological polar surface area (TPSA) is 79.5 Å². The van der Waals surface area contributed by atoms with Gasteiger partial charge in [-0.15, -0.1) is 0 Å². The van der Waals surface area contributed by atoms with Gasteiger partial charge in [0.2, 0.25) is 5.89 Å². The van der Waals surface area contributed by atoms with Gasteiger partial charge >= 0.3 is 5.97 Å². The van der Waals surface area contributed by atoms with E-state index >= 15 is 0 Å². The number of aryl methyl sites for hydroxylation is 1. The highest BCUT2D eigenvalue weighted by molar-refractivity contribution is 6.34. The molecule has 0 amide bonds. The highest BCUT2D eigenvalue weighted by Gasteiger charge is 2.26. The molecule has 1 aromatic heterocycles. The highest BCUT2D eigenvalue weighted by atomic mass is 35.5. The van der Waals surface area contributed by atoms with Gasteiger partial charge in [-0.05, 0) is 37.9 Å². The second-order valence-corrected chi connectivity index (χ2v) is 6.22. The van der Waals surface area contributed by atoms with Crippen LogP contribution in [0.2, 0.25) is 5.02 Å². The van der Waals surface area contributed by atoms with E-state index in [-0.39, 0.29) is 11.5 Å². The summed E-state index contributed by atoms with van der Waals surface area (Å²) >= 11 is 6.23. The molecule has 0 aliphatic carbocycles. The van der Waals surface area contributed by atoms with Gasteiger partial charge < -0.3 is 9.63 Å². The Morgan fingerprint density at radius 3 is 3.04 bits per heavy atom. The molecule has 7 heteroatoms. The van der Waals surface area contributed by atoms with Gasteiger partial charge in [0.05, 0.1) is 16.5 Å². The van der Waals surface area contributed by atoms with Crippen LogP contribution < -0.4 is 0 Å². The van der Waals surface area contributed by atoms with Crippen molar-refractivity contribution in [3.63, 3.8) is 0 Å². The lowest BCUT2D eigenvalue weighted by molar-refractivity contribution is 0.0697. The van der Waals surface area contributed by atoms with Crippen LogP contribution in [0.5, 0.6) is 0 Å². The fraction of sp³-hybridized carbons (Fsp3) is 0.438. The Labute approximate surface area is 139 Å². The molecule has 1 atom stereocenters. The third-order valence-corrected chi connectivity index (χ3v) is 4.55. The summed E-state index contributed by atoms with van der Waals surface area (Å²) in [5, 5.41) is 13.3. The Hall–Kier alpha value is -1.92. The van der Waals surface area contributed by atoms with E-state index in [9.17, 15) is 4.79 Å². The van der Waals surface area contributed by atoms with Crippen molar-refractivity contribution in [2.45, 2.75) is 32.2 Å². The average molecular weight is 336 g/mol. The van der Waals surface area contributed by atoms with Crippen molar-refractivity contribution < 1.29 is 14.4 Å². The van der Waals surface area contributed by atoms with Crippen molar-refractivity contribution in [2.24, 2.45) is 0 Å². The molecule has 0 spiro atoms. The van der Waals surface area contributed by atoms with Crippen molar-refractivity contribution in [1.82, 2.24) is 15.0 Å². The van der Waals surface area contributed by atoms with Gasteiger partial charge in [0.1, 0.15) is 0 Å². The Bertz CT molecular complexity index is 716. The van der Waals surface area contributed by atoms with Crippen molar-refractivity contribution in [2.75, 3.05) is 13.1 Å². The normalized spacial score (nSPS) is 19.0. The molecule has 0 saturated carbocycles. The van der Waals surface area contributed by atoms with Gasteiger partial charge in [0.25, 0.3) is 0 Å². The van der Waals surface area contributed by atoms with Crippen LogP contribution in [0.15, 0.2) is 22.7 Å². The molecule has 3 rings (SSSR count). The molecule has 1 unspecified atom stereocenters. The summed E-state index contributed by atoms with van der Waals surface area (Å²) in [5.41, 5.74) is 0.971. The molecule has 1 N–H and O–H groups in total. The molecule has 23 heavy (non-hydrogen) atoms. The van der Waals surface area contributed by atoms with Crippen molar-refractivity contribution >= 4 is 17.6 Å². The second-order valence-electron chi connectivity index (χ2n) is 5.84. The lowest BCUT2D eigenvalue weighted by Crippen LogP contribution is -2.34. The predicted molar refractivity (Wildman–Crippen MR) is 84.7 cm³/mol. The first kappa shape index (κ1) is 16.0. The quantitative estimate of drug-likeness (QED) is 0.924. The van der Waals surface area contributed by atoms with Crippen molar-refractivity contribution in [3.05, 3.63) is 46.1 Å². The van der Waals surface area contributed by atoms with Crippen LogP contribution in [0.25, 0.3) is 0 Å². The van der Waals surface area contributed by atoms with Crippen LogP contribution in [0.4, 0.5) is 0 Å². The van der Waals surface area contributed by atoms with E-state index in [1.165, 1.54) is 6.07 Å². The maximum atomic E-state index is 11.2. The fourth-order valence-electron chi connectivity index (χ4n) is 2.99. The van der Waals surface area contributed by atoms with Crippen molar-refractivity contribution in [1.29, 1.82) is 0 Å². The van der Waals surface area contributed by atoms with Crippen molar-refractivity contribution in [3.8, 4) is 0 Å². The number of carboxylic acid groups (broad SMARTS) is 1.